The van der Waals surface area contributed by atoms with Crippen molar-refractivity contribution in [2.24, 2.45) is 0 Å². The molecule has 7 heteroatoms. The lowest BCUT2D eigenvalue weighted by Gasteiger charge is -2.03. The summed E-state index contributed by atoms with van der Waals surface area (Å²) in [5.41, 5.74) is 0. The van der Waals surface area contributed by atoms with Gasteiger partial charge in [0.25, 0.3) is 0 Å². The molecule has 0 fully saturated rings. The van der Waals surface area contributed by atoms with Gasteiger partial charge in [0.15, 0.2) is 0 Å². The van der Waals surface area contributed by atoms with E-state index >= 15 is 0 Å². The molecular formula is C5H19Al3FO3-. The van der Waals surface area contributed by atoms with E-state index in [0.717, 1.165) is 0 Å². The van der Waals surface area contributed by atoms with Crippen molar-refractivity contribution in [2.45, 2.75) is 28.9 Å². The zero-order valence-electron chi connectivity index (χ0n) is 8.52. The van der Waals surface area contributed by atoms with Crippen molar-refractivity contribution in [2.75, 3.05) is 0 Å². The molecule has 3 nitrogen and oxygen atoms in total. The average molecular weight is 227 g/mol. The van der Waals surface area contributed by atoms with Gasteiger partial charge >= 0.3 is 29.0 Å². The minimum absolute atomic E-state index is 0. The van der Waals surface area contributed by atoms with Crippen LogP contribution < -0.4 is 0 Å². The second kappa shape index (κ2) is 18.2. The molecular weight excluding hydrogens is 208 g/mol. The second-order valence-electron chi connectivity index (χ2n) is 2.45. The molecule has 74 valence electrons. The molecule has 0 rings (SSSR count). The lowest BCUT2D eigenvalue weighted by atomic mass is 11.9. The summed E-state index contributed by atoms with van der Waals surface area (Å²) < 4.78 is 15.9. The van der Waals surface area contributed by atoms with Crippen LogP contribution in [0.15, 0.2) is 0 Å². The van der Waals surface area contributed by atoms with E-state index in [2.05, 4.69) is 23.1 Å². The summed E-state index contributed by atoms with van der Waals surface area (Å²) in [5, 5.41) is 0. The van der Waals surface area contributed by atoms with Crippen LogP contribution in [0.2, 0.25) is 28.9 Å². The second-order valence-corrected chi connectivity index (χ2v) is 8.17. The standard InChI is InChI=1S/5CH3.3Al.FH.2H2O.O/h5*1H3;;;;1H;2*1H2;/p-1. The van der Waals surface area contributed by atoms with Crippen LogP contribution in [0.4, 0.5) is 3.52 Å². The number of halogens is 1. The first-order chi connectivity index (χ1) is 4.54. The van der Waals surface area contributed by atoms with E-state index < -0.39 is 44.6 Å². The molecule has 0 heterocycles. The van der Waals surface area contributed by atoms with Crippen LogP contribution in [0.3, 0.4) is 0 Å². The molecule has 12 heavy (non-hydrogen) atoms. The van der Waals surface area contributed by atoms with Gasteiger partial charge in [0, 0.05) is 0 Å². The quantitative estimate of drug-likeness (QED) is 0.632. The lowest BCUT2D eigenvalue weighted by molar-refractivity contribution is 0.608. The van der Waals surface area contributed by atoms with Gasteiger partial charge in [0.2, 0.25) is 0 Å². The zero-order chi connectivity index (χ0) is 8.57. The molecule has 2 radical (unpaired) electrons. The van der Waals surface area contributed by atoms with Crippen molar-refractivity contribution >= 4 is 44.6 Å². The Hall–Kier alpha value is 1.41. The summed E-state index contributed by atoms with van der Waals surface area (Å²) in [5.74, 6) is 10.4. The van der Waals surface area contributed by atoms with Crippen molar-refractivity contribution < 1.29 is 17.3 Å². The van der Waals surface area contributed by atoms with E-state index in [1.165, 1.54) is 0 Å². The highest BCUT2D eigenvalue weighted by atomic mass is 27.3. The van der Waals surface area contributed by atoms with E-state index in [4.69, 9.17) is 2.84 Å². The minimum Gasteiger partial charge on any atom is -0.679 e. The van der Waals surface area contributed by atoms with Crippen molar-refractivity contribution in [3.63, 3.8) is 0 Å². The third-order valence-corrected chi connectivity index (χ3v) is 4.90. The molecule has 0 bridgehead atoms. The molecule has 0 amide bonds. The Morgan fingerprint density at radius 2 is 1.17 bits per heavy atom. The Labute approximate surface area is 90.6 Å². The summed E-state index contributed by atoms with van der Waals surface area (Å²) in [6.45, 7) is 0. The normalized spacial score (nSPS) is 6.50. The predicted molar refractivity (Wildman–Crippen MR) is 56.0 cm³/mol. The van der Waals surface area contributed by atoms with Gasteiger partial charge < -0.3 is 17.3 Å². The average Bonchev–Trinajstić information content (AvgIpc) is 1.62. The van der Waals surface area contributed by atoms with Gasteiger partial charge in [-0.1, -0.05) is 23.1 Å². The Bertz CT molecular complexity index is 59.9. The summed E-state index contributed by atoms with van der Waals surface area (Å²) in [4.78, 5) is 0. The molecule has 0 atom stereocenters. The van der Waals surface area contributed by atoms with Gasteiger partial charge in [0.1, 0.15) is 0 Å². The zero-order valence-corrected chi connectivity index (χ0v) is 12.0. The van der Waals surface area contributed by atoms with Crippen LogP contribution in [0.5, 0.6) is 0 Å². The number of hydrogen-bond donors (Lipinski definition) is 0. The SMILES string of the molecule is O.O.[CH3][Al-][F].[CH3][Al]([CH3])[O][Al]([CH3])[CH3]. The molecule has 0 aromatic rings. The monoisotopic (exact) mass is 227 g/mol. The number of hydrogen-bond acceptors (Lipinski definition) is 1. The fourth-order valence-corrected chi connectivity index (χ4v) is 4.90. The van der Waals surface area contributed by atoms with Gasteiger partial charge in [-0.15, -0.1) is 0 Å². The highest BCUT2D eigenvalue weighted by Crippen LogP contribution is 1.87. The highest BCUT2D eigenvalue weighted by molar-refractivity contribution is 6.63. The molecule has 0 spiro atoms. The Morgan fingerprint density at radius 3 is 1.17 bits per heavy atom. The Balaban J connectivity index is -0.0000000569. The van der Waals surface area contributed by atoms with Crippen molar-refractivity contribution in [1.82, 2.24) is 0 Å². The molecule has 0 aliphatic carbocycles. The molecule has 0 aliphatic heterocycles. The third kappa shape index (κ3) is 42.3. The topological polar surface area (TPSA) is 72.2 Å². The maximum absolute atomic E-state index is 10.4. The fraction of sp³-hybridized carbons (Fsp3) is 1.00. The van der Waals surface area contributed by atoms with Crippen molar-refractivity contribution in [1.29, 1.82) is 0 Å². The maximum Gasteiger partial charge on any atom is 0.423 e. The molecule has 4 N–H and O–H groups in total. The van der Waals surface area contributed by atoms with Crippen molar-refractivity contribution in [3.8, 4) is 0 Å². The fourth-order valence-electron chi connectivity index (χ4n) is 0.544. The summed E-state index contributed by atoms with van der Waals surface area (Å²) >= 11 is -2.08. The van der Waals surface area contributed by atoms with E-state index in [1.54, 1.807) is 5.79 Å². The maximum atomic E-state index is 10.4. The summed E-state index contributed by atoms with van der Waals surface area (Å²) in [7, 11) is 0. The van der Waals surface area contributed by atoms with Gasteiger partial charge in [0.05, 0.1) is 0 Å². The summed E-state index contributed by atoms with van der Waals surface area (Å²) in [6.07, 6.45) is 0. The van der Waals surface area contributed by atoms with Gasteiger partial charge in [-0.2, -0.15) is 0 Å². The third-order valence-electron chi connectivity index (χ3n) is 0.544. The minimum atomic E-state index is -0.750. The van der Waals surface area contributed by atoms with Crippen LogP contribution in [-0.4, -0.2) is 55.6 Å². The smallest absolute Gasteiger partial charge is 0.423 e. The molecule has 0 aromatic carbocycles. The lowest BCUT2D eigenvalue weighted by Crippen LogP contribution is -2.17. The van der Waals surface area contributed by atoms with Gasteiger partial charge in [-0.25, -0.2) is 5.79 Å². The van der Waals surface area contributed by atoms with Crippen LogP contribution in [-0.2, 0) is 2.84 Å². The number of rotatable bonds is 2. The van der Waals surface area contributed by atoms with Crippen LogP contribution in [0.1, 0.15) is 0 Å². The Morgan fingerprint density at radius 1 is 1.00 bits per heavy atom. The van der Waals surface area contributed by atoms with Crippen molar-refractivity contribution in [3.05, 3.63) is 0 Å². The predicted octanol–water partition coefficient (Wildman–Crippen LogP) is 0.479. The van der Waals surface area contributed by atoms with Crippen LogP contribution >= 0.6 is 0 Å². The largest absolute Gasteiger partial charge is 0.679 e. The first-order valence-corrected chi connectivity index (χ1v) is 10.7. The summed E-state index contributed by atoms with van der Waals surface area (Å²) in [6, 6.07) is 0. The van der Waals surface area contributed by atoms with Crippen LogP contribution in [0.25, 0.3) is 0 Å². The highest BCUT2D eigenvalue weighted by Gasteiger charge is 2.09. The van der Waals surface area contributed by atoms with E-state index in [1.807, 2.05) is 0 Å². The molecule has 0 aromatic heterocycles. The first kappa shape index (κ1) is 23.3. The Kier molecular flexibility index (Phi) is 35.5. The van der Waals surface area contributed by atoms with Gasteiger partial charge in [-0.05, 0) is 15.7 Å². The molecule has 0 aliphatic rings. The van der Waals surface area contributed by atoms with Gasteiger partial charge in [-0.3, -0.25) is 0 Å². The first-order valence-electron chi connectivity index (χ1n) is 3.58. The van der Waals surface area contributed by atoms with E-state index in [0.29, 0.717) is 0 Å². The van der Waals surface area contributed by atoms with E-state index in [9.17, 15) is 3.52 Å². The molecule has 0 unspecified atom stereocenters. The molecule has 0 saturated carbocycles. The van der Waals surface area contributed by atoms with E-state index in [-0.39, 0.29) is 11.0 Å². The molecule has 0 saturated heterocycles. The van der Waals surface area contributed by atoms with Crippen LogP contribution in [0, 0.1) is 0 Å².